The van der Waals surface area contributed by atoms with Gasteiger partial charge in [0.15, 0.2) is 0 Å². The van der Waals surface area contributed by atoms with Gasteiger partial charge in [-0.1, -0.05) is 6.07 Å². The highest BCUT2D eigenvalue weighted by Gasteiger charge is 2.42. The minimum atomic E-state index is -0.331. The Hall–Kier alpha value is -4.99. The monoisotopic (exact) mass is 706 g/mol. The number of methoxy groups -OCH3 is 1. The molecule has 3 aliphatic rings. The molecule has 1 atom stereocenters. The van der Waals surface area contributed by atoms with Gasteiger partial charge in [-0.3, -0.25) is 19.6 Å². The number of halogens is 1. The second-order valence-electron chi connectivity index (χ2n) is 14.6. The Balaban J connectivity index is 0.857. The first-order valence-corrected chi connectivity index (χ1v) is 18.5. The van der Waals surface area contributed by atoms with E-state index < -0.39 is 0 Å². The predicted octanol–water partition coefficient (Wildman–Crippen LogP) is 7.79. The van der Waals surface area contributed by atoms with Crippen molar-refractivity contribution in [1.82, 2.24) is 20.6 Å². The lowest BCUT2D eigenvalue weighted by atomic mass is 9.76. The molecule has 3 aliphatic carbocycles. The molecule has 3 saturated carbocycles. The quantitative estimate of drug-likeness (QED) is 0.130. The maximum atomic E-state index is 14.8. The molecule has 10 heteroatoms. The van der Waals surface area contributed by atoms with Crippen molar-refractivity contribution in [2.24, 2.45) is 17.8 Å². The highest BCUT2D eigenvalue weighted by molar-refractivity contribution is 5.94. The molecule has 0 bridgehead atoms. The number of carbonyl (C=O) groups excluding carboxylic acids is 2. The first-order chi connectivity index (χ1) is 25.3. The summed E-state index contributed by atoms with van der Waals surface area (Å²) in [5, 5.41) is 6.39. The minimum Gasteiger partial charge on any atom is -0.497 e. The van der Waals surface area contributed by atoms with E-state index >= 15 is 0 Å². The Kier molecular flexibility index (Phi) is 11.0. The summed E-state index contributed by atoms with van der Waals surface area (Å²) in [5.41, 5.74) is 3.36. The van der Waals surface area contributed by atoms with Gasteiger partial charge in [-0.25, -0.2) is 4.39 Å². The number of nitrogens with zero attached hydrogens (tertiary/aromatic N) is 2. The Morgan fingerprint density at radius 2 is 1.29 bits per heavy atom. The zero-order valence-corrected chi connectivity index (χ0v) is 29.9. The number of ether oxygens (including phenoxy) is 3. The van der Waals surface area contributed by atoms with Crippen LogP contribution in [0.1, 0.15) is 102 Å². The summed E-state index contributed by atoms with van der Waals surface area (Å²) in [7, 11) is 1.61. The van der Waals surface area contributed by atoms with Crippen molar-refractivity contribution in [3.63, 3.8) is 0 Å². The van der Waals surface area contributed by atoms with E-state index in [-0.39, 0.29) is 42.8 Å². The fraction of sp³-hybridized carbons (Fsp3) is 0.429. The van der Waals surface area contributed by atoms with Crippen molar-refractivity contribution >= 4 is 11.8 Å². The second-order valence-corrected chi connectivity index (χ2v) is 14.6. The molecule has 52 heavy (non-hydrogen) atoms. The summed E-state index contributed by atoms with van der Waals surface area (Å²) in [5.74, 6) is 3.09. The normalized spacial score (nSPS) is 19.1. The van der Waals surface area contributed by atoms with Crippen LogP contribution in [0.3, 0.4) is 0 Å². The standard InChI is InChI=1S/C42H47FN4O5/c1-26(46-41(48)31-14-16-35(44-22-31)24-51-38-5-3-4-37(21-38)50-2)27-6-8-28(9-7-27)33-18-34(43)20-39(19-33)52-25-36-17-15-32(23-45-36)42(49)47-40(29-10-11-29)30-12-13-30/h3-5,14-23,26-30,40H,6-13,24-25H2,1-2H3,(H,46,48)(H,47,49)/t26-,27?,28?/m1/s1. The van der Waals surface area contributed by atoms with Gasteiger partial charge in [0.25, 0.3) is 11.8 Å². The summed E-state index contributed by atoms with van der Waals surface area (Å²) in [4.78, 5) is 34.7. The van der Waals surface area contributed by atoms with Crippen molar-refractivity contribution in [2.45, 2.75) is 89.5 Å². The number of rotatable bonds is 15. The largest absolute Gasteiger partial charge is 0.497 e. The third-order valence-electron chi connectivity index (χ3n) is 10.7. The van der Waals surface area contributed by atoms with Crippen molar-refractivity contribution < 1.29 is 28.2 Å². The van der Waals surface area contributed by atoms with E-state index in [1.807, 2.05) is 37.3 Å². The Labute approximate surface area is 304 Å². The van der Waals surface area contributed by atoms with E-state index in [4.69, 9.17) is 14.2 Å². The number of aromatic nitrogens is 2. The highest BCUT2D eigenvalue weighted by atomic mass is 19.1. The molecule has 0 aliphatic heterocycles. The van der Waals surface area contributed by atoms with Gasteiger partial charge in [0.05, 0.1) is 29.6 Å². The number of pyridine rings is 2. The molecule has 2 amide bonds. The Bertz CT molecular complexity index is 1820. The van der Waals surface area contributed by atoms with Gasteiger partial charge in [-0.15, -0.1) is 0 Å². The van der Waals surface area contributed by atoms with Crippen molar-refractivity contribution in [1.29, 1.82) is 0 Å². The van der Waals surface area contributed by atoms with Gasteiger partial charge < -0.3 is 24.8 Å². The van der Waals surface area contributed by atoms with E-state index in [2.05, 4.69) is 20.6 Å². The van der Waals surface area contributed by atoms with Crippen LogP contribution in [0.15, 0.2) is 79.1 Å². The average Bonchev–Trinajstić information content (AvgIpc) is 4.11. The van der Waals surface area contributed by atoms with Crippen LogP contribution in [0.5, 0.6) is 17.2 Å². The van der Waals surface area contributed by atoms with Gasteiger partial charge in [0, 0.05) is 36.6 Å². The van der Waals surface area contributed by atoms with Crippen LogP contribution in [-0.2, 0) is 13.2 Å². The molecule has 0 spiro atoms. The Morgan fingerprint density at radius 1 is 0.712 bits per heavy atom. The average molecular weight is 707 g/mol. The molecule has 4 aromatic rings. The van der Waals surface area contributed by atoms with Gasteiger partial charge >= 0.3 is 0 Å². The van der Waals surface area contributed by atoms with Crippen molar-refractivity contribution in [2.75, 3.05) is 7.11 Å². The van der Waals surface area contributed by atoms with Crippen LogP contribution in [0.2, 0.25) is 0 Å². The molecule has 0 saturated heterocycles. The maximum absolute atomic E-state index is 14.8. The number of hydrogen-bond acceptors (Lipinski definition) is 7. The van der Waals surface area contributed by atoms with Crippen LogP contribution in [0.25, 0.3) is 0 Å². The van der Waals surface area contributed by atoms with Gasteiger partial charge in [-0.2, -0.15) is 0 Å². The lowest BCUT2D eigenvalue weighted by Gasteiger charge is -2.33. The summed E-state index contributed by atoms with van der Waals surface area (Å²) in [6, 6.07) is 19.7. The van der Waals surface area contributed by atoms with E-state index in [0.717, 1.165) is 31.2 Å². The zero-order chi connectivity index (χ0) is 36.0. The molecule has 2 heterocycles. The number of carbonyl (C=O) groups is 2. The van der Waals surface area contributed by atoms with Crippen LogP contribution < -0.4 is 24.8 Å². The summed E-state index contributed by atoms with van der Waals surface area (Å²) in [6.45, 7) is 2.50. The lowest BCUT2D eigenvalue weighted by molar-refractivity contribution is 0.0912. The third kappa shape index (κ3) is 9.26. The number of benzene rings is 2. The molecule has 0 unspecified atom stereocenters. The molecular formula is C42H47FN4O5. The van der Waals surface area contributed by atoms with Crippen molar-refractivity contribution in [3.05, 3.63) is 113 Å². The molecule has 2 aromatic carbocycles. The van der Waals surface area contributed by atoms with E-state index in [0.29, 0.717) is 63.6 Å². The molecule has 272 valence electrons. The zero-order valence-electron chi connectivity index (χ0n) is 29.9. The summed E-state index contributed by atoms with van der Waals surface area (Å²) < 4.78 is 31.8. The second kappa shape index (κ2) is 16.1. The molecule has 9 nitrogen and oxygen atoms in total. The fourth-order valence-electron chi connectivity index (χ4n) is 7.32. The molecular weight excluding hydrogens is 659 g/mol. The molecule has 2 aromatic heterocycles. The summed E-state index contributed by atoms with van der Waals surface area (Å²) >= 11 is 0. The minimum absolute atomic E-state index is 0.0151. The number of hydrogen-bond donors (Lipinski definition) is 2. The predicted molar refractivity (Wildman–Crippen MR) is 195 cm³/mol. The molecule has 3 fully saturated rings. The Morgan fingerprint density at radius 3 is 1.87 bits per heavy atom. The van der Waals surface area contributed by atoms with E-state index in [1.54, 1.807) is 49.8 Å². The van der Waals surface area contributed by atoms with Crippen LogP contribution in [0, 0.1) is 23.6 Å². The van der Waals surface area contributed by atoms with Crippen LogP contribution in [0.4, 0.5) is 4.39 Å². The van der Waals surface area contributed by atoms with E-state index in [9.17, 15) is 14.0 Å². The number of nitrogens with one attached hydrogen (secondary N) is 2. The first kappa shape index (κ1) is 35.4. The van der Waals surface area contributed by atoms with Crippen LogP contribution in [-0.4, -0.2) is 41.0 Å². The highest BCUT2D eigenvalue weighted by Crippen LogP contribution is 2.44. The molecule has 7 rings (SSSR count). The first-order valence-electron chi connectivity index (χ1n) is 18.5. The SMILES string of the molecule is COc1cccc(OCc2ccc(C(=O)N[C@H](C)C3CCC(c4cc(F)cc(OCc5ccc(C(=O)NC(C6CC6)C6CC6)cn5)c4)CC3)cn2)c1. The van der Waals surface area contributed by atoms with Gasteiger partial charge in [0.2, 0.25) is 0 Å². The maximum Gasteiger partial charge on any atom is 0.253 e. The van der Waals surface area contributed by atoms with Crippen molar-refractivity contribution in [3.8, 4) is 17.2 Å². The smallest absolute Gasteiger partial charge is 0.253 e. The van der Waals surface area contributed by atoms with Crippen LogP contribution >= 0.6 is 0 Å². The topological polar surface area (TPSA) is 112 Å². The molecule has 2 N–H and O–H groups in total. The third-order valence-corrected chi connectivity index (χ3v) is 10.7. The summed E-state index contributed by atoms with van der Waals surface area (Å²) in [6.07, 6.45) is 11.6. The van der Waals surface area contributed by atoms with Gasteiger partial charge in [-0.05, 0) is 136 Å². The lowest BCUT2D eigenvalue weighted by Crippen LogP contribution is -2.39. The molecule has 0 radical (unpaired) electrons. The van der Waals surface area contributed by atoms with E-state index in [1.165, 1.54) is 31.7 Å². The fourth-order valence-corrected chi connectivity index (χ4v) is 7.32. The number of amides is 2. The van der Waals surface area contributed by atoms with Gasteiger partial charge in [0.1, 0.15) is 36.3 Å².